The van der Waals surface area contributed by atoms with Crippen LogP contribution in [0.2, 0.25) is 0 Å². The van der Waals surface area contributed by atoms with Crippen molar-refractivity contribution >= 4 is 11.6 Å². The van der Waals surface area contributed by atoms with E-state index in [0.717, 1.165) is 30.8 Å². The zero-order valence-corrected chi connectivity index (χ0v) is 12.8. The number of carbonyl (C=O) groups is 1. The van der Waals surface area contributed by atoms with Crippen LogP contribution in [0.5, 0.6) is 5.75 Å². The zero-order chi connectivity index (χ0) is 15.0. The number of nitrogens with zero attached hydrogens (tertiary/aromatic N) is 1. The van der Waals surface area contributed by atoms with Crippen LogP contribution >= 0.6 is 0 Å². The quantitative estimate of drug-likeness (QED) is 0.708. The van der Waals surface area contributed by atoms with Crippen molar-refractivity contribution in [3.63, 3.8) is 0 Å². The first kappa shape index (κ1) is 16.5. The van der Waals surface area contributed by atoms with E-state index in [1.54, 1.807) is 7.11 Å². The summed E-state index contributed by atoms with van der Waals surface area (Å²) in [7, 11) is 5.48. The van der Waals surface area contributed by atoms with E-state index in [1.165, 1.54) is 0 Å². The lowest BCUT2D eigenvalue weighted by Gasteiger charge is -2.17. The van der Waals surface area contributed by atoms with Crippen molar-refractivity contribution in [3.8, 4) is 5.75 Å². The second-order valence-electron chi connectivity index (χ2n) is 4.95. The first-order valence-corrected chi connectivity index (χ1v) is 6.84. The van der Waals surface area contributed by atoms with Crippen molar-refractivity contribution in [3.05, 3.63) is 23.8 Å². The fourth-order valence-electron chi connectivity index (χ4n) is 1.96. The van der Waals surface area contributed by atoms with Crippen molar-refractivity contribution in [2.45, 2.75) is 13.3 Å². The number of ether oxygens (including phenoxy) is 1. The Bertz CT molecular complexity index is 435. The lowest BCUT2D eigenvalue weighted by Crippen LogP contribution is -2.32. The number of likely N-dealkylation sites (N-methyl/N-ethyl adjacent to an activating group) is 1. The van der Waals surface area contributed by atoms with Gasteiger partial charge in [0.05, 0.1) is 19.3 Å². The van der Waals surface area contributed by atoms with Gasteiger partial charge in [0.1, 0.15) is 5.75 Å². The fourth-order valence-corrected chi connectivity index (χ4v) is 1.96. The first-order chi connectivity index (χ1) is 9.56. The van der Waals surface area contributed by atoms with Gasteiger partial charge < -0.3 is 15.4 Å². The highest BCUT2D eigenvalue weighted by Gasteiger charge is 2.10. The molecule has 0 heterocycles. The molecule has 0 aromatic heterocycles. The molecular weight excluding hydrogens is 254 g/mol. The minimum absolute atomic E-state index is 0.0270. The van der Waals surface area contributed by atoms with Crippen LogP contribution in [0.1, 0.15) is 12.0 Å². The maximum Gasteiger partial charge on any atom is 0.238 e. The molecule has 5 nitrogen and oxygen atoms in total. The summed E-state index contributed by atoms with van der Waals surface area (Å²) in [5, 5.41) is 6.00. The number of hydrogen-bond donors (Lipinski definition) is 2. The molecule has 1 rings (SSSR count). The summed E-state index contributed by atoms with van der Waals surface area (Å²) in [5.41, 5.74) is 1.81. The zero-order valence-electron chi connectivity index (χ0n) is 12.8. The number of benzene rings is 1. The van der Waals surface area contributed by atoms with Crippen LogP contribution in [0.25, 0.3) is 0 Å². The Kier molecular flexibility index (Phi) is 7.04. The van der Waals surface area contributed by atoms with Crippen molar-refractivity contribution in [2.24, 2.45) is 0 Å². The molecule has 0 saturated carbocycles. The van der Waals surface area contributed by atoms with Gasteiger partial charge >= 0.3 is 0 Å². The third kappa shape index (κ3) is 5.59. The largest absolute Gasteiger partial charge is 0.495 e. The van der Waals surface area contributed by atoms with Crippen molar-refractivity contribution < 1.29 is 9.53 Å². The molecule has 0 aliphatic carbocycles. The average Bonchev–Trinajstić information content (AvgIpc) is 2.39. The van der Waals surface area contributed by atoms with Crippen LogP contribution < -0.4 is 15.4 Å². The molecule has 0 unspecified atom stereocenters. The first-order valence-electron chi connectivity index (χ1n) is 6.84. The van der Waals surface area contributed by atoms with E-state index < -0.39 is 0 Å². The summed E-state index contributed by atoms with van der Waals surface area (Å²) < 4.78 is 5.25. The molecule has 0 fully saturated rings. The highest BCUT2D eigenvalue weighted by molar-refractivity contribution is 5.93. The minimum Gasteiger partial charge on any atom is -0.495 e. The number of nitrogens with one attached hydrogen (secondary N) is 2. The van der Waals surface area contributed by atoms with Gasteiger partial charge in [-0.1, -0.05) is 6.07 Å². The van der Waals surface area contributed by atoms with Crippen LogP contribution in [0.3, 0.4) is 0 Å². The third-order valence-corrected chi connectivity index (χ3v) is 3.01. The number of hydrogen-bond acceptors (Lipinski definition) is 4. The lowest BCUT2D eigenvalue weighted by atomic mass is 10.2. The summed E-state index contributed by atoms with van der Waals surface area (Å²) in [6.45, 7) is 4.21. The van der Waals surface area contributed by atoms with E-state index in [1.807, 2.05) is 44.1 Å². The summed E-state index contributed by atoms with van der Waals surface area (Å²) in [5.74, 6) is 0.655. The number of anilines is 1. The summed E-state index contributed by atoms with van der Waals surface area (Å²) >= 11 is 0. The van der Waals surface area contributed by atoms with Crippen LogP contribution in [0.15, 0.2) is 18.2 Å². The number of amides is 1. The molecule has 0 saturated heterocycles. The Morgan fingerprint density at radius 3 is 2.80 bits per heavy atom. The Morgan fingerprint density at radius 1 is 1.40 bits per heavy atom. The smallest absolute Gasteiger partial charge is 0.238 e. The lowest BCUT2D eigenvalue weighted by molar-refractivity contribution is -0.117. The van der Waals surface area contributed by atoms with Crippen LogP contribution in [0.4, 0.5) is 5.69 Å². The predicted molar refractivity (Wildman–Crippen MR) is 82.4 cm³/mol. The Hall–Kier alpha value is -1.59. The van der Waals surface area contributed by atoms with E-state index in [9.17, 15) is 4.79 Å². The molecule has 0 spiro atoms. The third-order valence-electron chi connectivity index (χ3n) is 3.01. The summed E-state index contributed by atoms with van der Waals surface area (Å²) in [6, 6.07) is 5.73. The second kappa shape index (κ2) is 8.55. The van der Waals surface area contributed by atoms with Crippen LogP contribution in [0, 0.1) is 6.92 Å². The molecule has 0 aliphatic rings. The monoisotopic (exact) mass is 279 g/mol. The van der Waals surface area contributed by atoms with E-state index in [-0.39, 0.29) is 5.91 Å². The molecule has 5 heteroatoms. The van der Waals surface area contributed by atoms with Crippen LogP contribution in [-0.2, 0) is 4.79 Å². The van der Waals surface area contributed by atoms with Crippen molar-refractivity contribution in [1.29, 1.82) is 0 Å². The molecule has 1 aromatic rings. The fraction of sp³-hybridized carbons (Fsp3) is 0.533. The van der Waals surface area contributed by atoms with E-state index in [4.69, 9.17) is 4.74 Å². The maximum atomic E-state index is 12.0. The normalized spacial score (nSPS) is 10.7. The Morgan fingerprint density at radius 2 is 2.15 bits per heavy atom. The maximum absolute atomic E-state index is 12.0. The molecule has 1 aromatic carbocycles. The number of carbonyl (C=O) groups excluding carboxylic acids is 1. The van der Waals surface area contributed by atoms with Gasteiger partial charge in [-0.05, 0) is 58.2 Å². The molecular formula is C15H25N3O2. The molecule has 0 bridgehead atoms. The molecule has 0 atom stereocenters. The second-order valence-corrected chi connectivity index (χ2v) is 4.95. The highest BCUT2D eigenvalue weighted by Crippen LogP contribution is 2.24. The molecule has 0 radical (unpaired) electrons. The van der Waals surface area contributed by atoms with Gasteiger partial charge in [0.2, 0.25) is 5.91 Å². The van der Waals surface area contributed by atoms with Crippen LogP contribution in [-0.4, -0.2) is 51.6 Å². The molecule has 0 aliphatic heterocycles. The summed E-state index contributed by atoms with van der Waals surface area (Å²) in [6.07, 6.45) is 1.02. The standard InChI is InChI=1S/C15H25N3O2/c1-12-6-7-14(20-4)13(10-12)17-15(19)11-18(3)9-5-8-16-2/h6-7,10,16H,5,8-9,11H2,1-4H3,(H,17,19). The summed E-state index contributed by atoms with van der Waals surface area (Å²) in [4.78, 5) is 14.0. The van der Waals surface area contributed by atoms with Gasteiger partial charge in [0, 0.05) is 0 Å². The average molecular weight is 279 g/mol. The minimum atomic E-state index is -0.0270. The highest BCUT2D eigenvalue weighted by atomic mass is 16.5. The molecule has 2 N–H and O–H groups in total. The predicted octanol–water partition coefficient (Wildman–Crippen LogP) is 1.48. The van der Waals surface area contributed by atoms with Gasteiger partial charge in [0.25, 0.3) is 0 Å². The molecule has 20 heavy (non-hydrogen) atoms. The van der Waals surface area contributed by atoms with Crippen molar-refractivity contribution in [1.82, 2.24) is 10.2 Å². The number of methoxy groups -OCH3 is 1. The van der Waals surface area contributed by atoms with E-state index in [0.29, 0.717) is 12.3 Å². The van der Waals surface area contributed by atoms with Gasteiger partial charge in [-0.15, -0.1) is 0 Å². The van der Waals surface area contributed by atoms with E-state index >= 15 is 0 Å². The molecule has 112 valence electrons. The van der Waals surface area contributed by atoms with Gasteiger partial charge in [0.15, 0.2) is 0 Å². The Balaban J connectivity index is 2.51. The van der Waals surface area contributed by atoms with Gasteiger partial charge in [-0.25, -0.2) is 0 Å². The Labute approximate surface area is 121 Å². The van der Waals surface area contributed by atoms with Crippen molar-refractivity contribution in [2.75, 3.05) is 46.2 Å². The topological polar surface area (TPSA) is 53.6 Å². The molecule has 1 amide bonds. The number of rotatable bonds is 8. The number of aryl methyl sites for hydroxylation is 1. The van der Waals surface area contributed by atoms with Gasteiger partial charge in [-0.3, -0.25) is 9.69 Å². The van der Waals surface area contributed by atoms with E-state index in [2.05, 4.69) is 10.6 Å². The van der Waals surface area contributed by atoms with Gasteiger partial charge in [-0.2, -0.15) is 0 Å². The SMILES string of the molecule is CNCCCN(C)CC(=O)Nc1cc(C)ccc1OC.